The molecule has 0 aliphatic carbocycles. The quantitative estimate of drug-likeness (QED) is 0.388. The average molecular weight is 504 g/mol. The number of benzene rings is 1. The molecule has 36 heavy (non-hydrogen) atoms. The lowest BCUT2D eigenvalue weighted by molar-refractivity contribution is -0.131. The second-order valence-electron chi connectivity index (χ2n) is 9.04. The molecule has 1 fully saturated rings. The maximum atomic E-state index is 13.4. The Kier molecular flexibility index (Phi) is 7.04. The molecule has 0 unspecified atom stereocenters. The van der Waals surface area contributed by atoms with E-state index < -0.39 is 0 Å². The molecule has 4 aromatic rings. The van der Waals surface area contributed by atoms with Crippen molar-refractivity contribution in [1.82, 2.24) is 29.2 Å². The van der Waals surface area contributed by atoms with Gasteiger partial charge >= 0.3 is 0 Å². The number of para-hydroxylation sites is 2. The summed E-state index contributed by atoms with van der Waals surface area (Å²) < 4.78 is 3.78. The van der Waals surface area contributed by atoms with Crippen molar-refractivity contribution < 1.29 is 9.59 Å². The minimum Gasteiger partial charge on any atom is -0.341 e. The molecule has 1 atom stereocenters. The number of thiol groups is 1. The third-order valence-electron chi connectivity index (χ3n) is 6.53. The molecular weight excluding hydrogens is 474 g/mol. The maximum absolute atomic E-state index is 13.4. The number of aryl methyl sites for hydroxylation is 1. The van der Waals surface area contributed by atoms with Gasteiger partial charge < -0.3 is 9.47 Å². The van der Waals surface area contributed by atoms with Gasteiger partial charge in [0.25, 0.3) is 5.91 Å². The first-order valence-electron chi connectivity index (χ1n) is 12.2. The van der Waals surface area contributed by atoms with Gasteiger partial charge in [0.05, 0.1) is 29.0 Å². The molecule has 1 aliphatic heterocycles. The van der Waals surface area contributed by atoms with Gasteiger partial charge in [0, 0.05) is 50.1 Å². The molecule has 0 radical (unpaired) electrons. The number of nitrogens with one attached hydrogen (secondary N) is 1. The summed E-state index contributed by atoms with van der Waals surface area (Å²) in [7, 11) is 1.84. The summed E-state index contributed by atoms with van der Waals surface area (Å²) in [4.78, 5) is 37.1. The number of imidazole rings is 1. The normalized spacial score (nSPS) is 16.2. The highest BCUT2D eigenvalue weighted by atomic mass is 32.1. The third-order valence-corrected chi connectivity index (χ3v) is 6.76. The first-order chi connectivity index (χ1) is 17.5. The number of rotatable bonds is 6. The fourth-order valence-electron chi connectivity index (χ4n) is 4.77. The Morgan fingerprint density at radius 3 is 2.86 bits per heavy atom. The third kappa shape index (κ3) is 4.99. The molecule has 5 rings (SSSR count). The van der Waals surface area contributed by atoms with Crippen LogP contribution in [0.25, 0.3) is 22.3 Å². The fraction of sp³-hybridized carbons (Fsp3) is 0.346. The number of nitrogens with zero attached hydrogens (tertiary/aromatic N) is 6. The highest BCUT2D eigenvalue weighted by Crippen LogP contribution is 2.30. The lowest BCUT2D eigenvalue weighted by Gasteiger charge is -2.27. The van der Waals surface area contributed by atoms with Crippen LogP contribution in [0, 0.1) is 0 Å². The summed E-state index contributed by atoms with van der Waals surface area (Å²) in [5.41, 5.74) is 3.73. The summed E-state index contributed by atoms with van der Waals surface area (Å²) in [5.74, 6) is 0.860. The highest BCUT2D eigenvalue weighted by Gasteiger charge is 2.27. The van der Waals surface area contributed by atoms with E-state index in [1.807, 2.05) is 42.4 Å². The summed E-state index contributed by atoms with van der Waals surface area (Å²) >= 11 is 4.24. The summed E-state index contributed by atoms with van der Waals surface area (Å²) in [6.07, 6.45) is 8.47. The largest absolute Gasteiger partial charge is 0.341 e. The van der Waals surface area contributed by atoms with Crippen LogP contribution in [0.3, 0.4) is 0 Å². The van der Waals surface area contributed by atoms with E-state index in [1.54, 1.807) is 29.2 Å². The molecule has 0 bridgehead atoms. The Morgan fingerprint density at radius 1 is 1.19 bits per heavy atom. The second kappa shape index (κ2) is 10.5. The van der Waals surface area contributed by atoms with Crippen molar-refractivity contribution in [3.63, 3.8) is 0 Å². The standard InChI is InChI=1S/C26H29N7O2S/c1-31-16-19(15-28-31)22-14-18(9-11-27-22)25(35)30-26-29-21-7-2-3-8-23(21)33(26)20-6-4-5-12-32(17-20)24(34)10-13-36/h2-3,7-9,11,14-16,20,36H,4-6,10,12-13,17H2,1H3,(H,29,30,35)/t20-/m1/s1. The number of fused-ring (bicyclic) bond motifs is 1. The van der Waals surface area contributed by atoms with Crippen molar-refractivity contribution in [2.45, 2.75) is 31.7 Å². The zero-order chi connectivity index (χ0) is 25.1. The van der Waals surface area contributed by atoms with Crippen LogP contribution in [-0.4, -0.2) is 59.9 Å². The predicted molar refractivity (Wildman–Crippen MR) is 142 cm³/mol. The molecule has 1 N–H and O–H groups in total. The van der Waals surface area contributed by atoms with Gasteiger partial charge in [0.15, 0.2) is 0 Å². The van der Waals surface area contributed by atoms with Gasteiger partial charge in [0.2, 0.25) is 11.9 Å². The number of pyridine rings is 1. The van der Waals surface area contributed by atoms with E-state index >= 15 is 0 Å². The Bertz CT molecular complexity index is 1400. The molecule has 0 saturated carbocycles. The van der Waals surface area contributed by atoms with Crippen molar-refractivity contribution in [3.05, 3.63) is 60.6 Å². The van der Waals surface area contributed by atoms with Crippen LogP contribution in [-0.2, 0) is 11.8 Å². The molecule has 1 aliphatic rings. The molecule has 1 aromatic carbocycles. The summed E-state index contributed by atoms with van der Waals surface area (Å²) in [5, 5.41) is 7.23. The zero-order valence-electron chi connectivity index (χ0n) is 20.2. The number of aromatic nitrogens is 5. The minimum absolute atomic E-state index is 0.00228. The van der Waals surface area contributed by atoms with Crippen molar-refractivity contribution in [2.75, 3.05) is 24.2 Å². The van der Waals surface area contributed by atoms with E-state index in [0.717, 1.165) is 42.4 Å². The molecule has 4 heterocycles. The number of carbonyl (C=O) groups excluding carboxylic acids is 2. The van der Waals surface area contributed by atoms with E-state index in [2.05, 4.69) is 32.6 Å². The van der Waals surface area contributed by atoms with Crippen LogP contribution in [0.1, 0.15) is 42.1 Å². The maximum Gasteiger partial charge on any atom is 0.258 e. The molecular formula is C26H29N7O2S. The van der Waals surface area contributed by atoms with Crippen molar-refractivity contribution in [3.8, 4) is 11.3 Å². The monoisotopic (exact) mass is 503 g/mol. The number of hydrogen-bond acceptors (Lipinski definition) is 6. The predicted octanol–water partition coefficient (Wildman–Crippen LogP) is 3.96. The Hall–Kier alpha value is -3.66. The highest BCUT2D eigenvalue weighted by molar-refractivity contribution is 7.80. The van der Waals surface area contributed by atoms with Gasteiger partial charge in [-0.2, -0.15) is 17.7 Å². The van der Waals surface area contributed by atoms with Gasteiger partial charge in [-0.1, -0.05) is 12.1 Å². The molecule has 0 spiro atoms. The molecule has 10 heteroatoms. The topological polar surface area (TPSA) is 97.9 Å². The van der Waals surface area contributed by atoms with Gasteiger partial charge in [-0.25, -0.2) is 4.98 Å². The van der Waals surface area contributed by atoms with Crippen LogP contribution in [0.5, 0.6) is 0 Å². The SMILES string of the molecule is Cn1cc(-c2cc(C(=O)Nc3nc4ccccc4n3[C@@H]3CCCCN(C(=O)CCS)C3)ccn2)cn1. The Morgan fingerprint density at radius 2 is 2.06 bits per heavy atom. The van der Waals surface area contributed by atoms with Crippen LogP contribution < -0.4 is 5.32 Å². The van der Waals surface area contributed by atoms with Gasteiger partial charge in [-0.15, -0.1) is 0 Å². The van der Waals surface area contributed by atoms with Gasteiger partial charge in [-0.3, -0.25) is 24.6 Å². The van der Waals surface area contributed by atoms with Crippen molar-refractivity contribution >= 4 is 41.4 Å². The van der Waals surface area contributed by atoms with Crippen molar-refractivity contribution in [1.29, 1.82) is 0 Å². The molecule has 9 nitrogen and oxygen atoms in total. The molecule has 186 valence electrons. The summed E-state index contributed by atoms with van der Waals surface area (Å²) in [6.45, 7) is 1.32. The molecule has 1 saturated heterocycles. The zero-order valence-corrected chi connectivity index (χ0v) is 21.1. The van der Waals surface area contributed by atoms with Crippen LogP contribution in [0.2, 0.25) is 0 Å². The average Bonchev–Trinajstić information content (AvgIpc) is 3.39. The lowest BCUT2D eigenvalue weighted by atomic mass is 10.1. The van der Waals surface area contributed by atoms with Crippen molar-refractivity contribution in [2.24, 2.45) is 7.05 Å². The van der Waals surface area contributed by atoms with E-state index in [9.17, 15) is 9.59 Å². The Labute approximate surface area is 214 Å². The van der Waals surface area contributed by atoms with Crippen LogP contribution >= 0.6 is 12.6 Å². The molecule has 3 aromatic heterocycles. The number of likely N-dealkylation sites (tertiary alicyclic amines) is 1. The number of anilines is 1. The van der Waals surface area contributed by atoms with E-state index in [4.69, 9.17) is 4.98 Å². The Balaban J connectivity index is 1.46. The van der Waals surface area contributed by atoms with E-state index in [-0.39, 0.29) is 17.9 Å². The smallest absolute Gasteiger partial charge is 0.258 e. The van der Waals surface area contributed by atoms with Crippen LogP contribution in [0.15, 0.2) is 55.0 Å². The fourth-order valence-corrected chi connectivity index (χ4v) is 4.96. The van der Waals surface area contributed by atoms with E-state index in [0.29, 0.717) is 35.9 Å². The minimum atomic E-state index is -0.268. The molecule has 2 amide bonds. The summed E-state index contributed by atoms with van der Waals surface area (Å²) in [6, 6.07) is 11.3. The first-order valence-corrected chi connectivity index (χ1v) is 12.8. The number of carbonyl (C=O) groups is 2. The number of hydrogen-bond donors (Lipinski definition) is 2. The first kappa shape index (κ1) is 24.1. The van der Waals surface area contributed by atoms with E-state index in [1.165, 1.54) is 0 Å². The van der Waals surface area contributed by atoms with Gasteiger partial charge in [-0.05, 0) is 49.3 Å². The lowest BCUT2D eigenvalue weighted by Crippen LogP contribution is -2.35. The van der Waals surface area contributed by atoms with Crippen LogP contribution in [0.4, 0.5) is 5.95 Å². The number of amides is 2. The second-order valence-corrected chi connectivity index (χ2v) is 9.49. The van der Waals surface area contributed by atoms with Gasteiger partial charge in [0.1, 0.15) is 0 Å².